The van der Waals surface area contributed by atoms with E-state index in [1.165, 1.54) is 0 Å². The Balaban J connectivity index is 1.25. The van der Waals surface area contributed by atoms with Gasteiger partial charge in [-0.3, -0.25) is 4.98 Å². The number of anilines is 2. The Hall–Kier alpha value is -3.20. The summed E-state index contributed by atoms with van der Waals surface area (Å²) in [6, 6.07) is 4.96. The highest BCUT2D eigenvalue weighted by atomic mass is 16.5. The maximum Gasteiger partial charge on any atom is 0.316 e. The van der Waals surface area contributed by atoms with Crippen LogP contribution < -0.4 is 19.7 Å². The normalized spacial score (nSPS) is 21.3. The third-order valence-corrected chi connectivity index (χ3v) is 6.05. The zero-order valence-electron chi connectivity index (χ0n) is 18.2. The number of ether oxygens (including phenoxy) is 3. The van der Waals surface area contributed by atoms with Gasteiger partial charge in [0, 0.05) is 43.3 Å². The lowest BCUT2D eigenvalue weighted by Gasteiger charge is -2.31. The van der Waals surface area contributed by atoms with E-state index in [1.54, 1.807) is 31.9 Å². The summed E-state index contributed by atoms with van der Waals surface area (Å²) in [7, 11) is 1.56. The van der Waals surface area contributed by atoms with Gasteiger partial charge in [0.2, 0.25) is 0 Å². The summed E-state index contributed by atoms with van der Waals surface area (Å²) in [6.07, 6.45) is 11.1. The van der Waals surface area contributed by atoms with E-state index in [0.29, 0.717) is 12.1 Å². The molecule has 9 nitrogen and oxygen atoms in total. The van der Waals surface area contributed by atoms with E-state index in [-0.39, 0.29) is 6.10 Å². The van der Waals surface area contributed by atoms with Gasteiger partial charge in [-0.15, -0.1) is 0 Å². The molecule has 1 aromatic carbocycles. The van der Waals surface area contributed by atoms with E-state index >= 15 is 0 Å². The van der Waals surface area contributed by atoms with Crippen LogP contribution in [0.15, 0.2) is 36.9 Å². The molecule has 2 aromatic heterocycles. The van der Waals surface area contributed by atoms with Gasteiger partial charge in [0.1, 0.15) is 11.3 Å². The second-order valence-corrected chi connectivity index (χ2v) is 8.16. The molecule has 1 aliphatic heterocycles. The molecule has 9 heteroatoms. The number of nitrogens with zero attached hydrogens (tertiary/aromatic N) is 5. The fraction of sp³-hybridized carbons (Fsp3) is 0.478. The molecular formula is C23H28N6O3. The number of nitrogens with one attached hydrogen (secondary N) is 1. The maximum atomic E-state index is 6.50. The molecule has 0 radical (unpaired) electrons. The van der Waals surface area contributed by atoms with Gasteiger partial charge in [-0.1, -0.05) is 0 Å². The molecule has 3 heterocycles. The van der Waals surface area contributed by atoms with Crippen molar-refractivity contribution in [2.24, 2.45) is 0 Å². The summed E-state index contributed by atoms with van der Waals surface area (Å²) >= 11 is 0. The topological polar surface area (TPSA) is 94.5 Å². The summed E-state index contributed by atoms with van der Waals surface area (Å²) in [6.45, 7) is 3.23. The summed E-state index contributed by atoms with van der Waals surface area (Å²) in [5.74, 6) is 0.817. The average Bonchev–Trinajstić information content (AvgIpc) is 2.86. The first kappa shape index (κ1) is 20.7. The van der Waals surface area contributed by atoms with Crippen molar-refractivity contribution >= 4 is 22.4 Å². The molecule has 5 rings (SSSR count). The zero-order valence-corrected chi connectivity index (χ0v) is 18.2. The SMILES string of the molecule is COc1ncc(N[C@H]2CC[C@@H](Oc3cc(N4CCOCC4)cc4nccnc34)CC2)cn1. The number of fused-ring (bicyclic) bond motifs is 1. The minimum atomic E-state index is 0.158. The Morgan fingerprint density at radius 1 is 0.969 bits per heavy atom. The first-order chi connectivity index (χ1) is 15.8. The number of benzene rings is 1. The van der Waals surface area contributed by atoms with Crippen molar-refractivity contribution in [2.45, 2.75) is 37.8 Å². The smallest absolute Gasteiger partial charge is 0.316 e. The molecule has 168 valence electrons. The average molecular weight is 437 g/mol. The van der Waals surface area contributed by atoms with Crippen LogP contribution in [0.3, 0.4) is 0 Å². The predicted molar refractivity (Wildman–Crippen MR) is 121 cm³/mol. The number of hydrogen-bond donors (Lipinski definition) is 1. The summed E-state index contributed by atoms with van der Waals surface area (Å²) in [5.41, 5.74) is 3.71. The van der Waals surface area contributed by atoms with E-state index in [9.17, 15) is 0 Å². The fourth-order valence-electron chi connectivity index (χ4n) is 4.36. The Labute approximate surface area is 187 Å². The van der Waals surface area contributed by atoms with Crippen LogP contribution in [0.1, 0.15) is 25.7 Å². The third-order valence-electron chi connectivity index (χ3n) is 6.05. The lowest BCUT2D eigenvalue weighted by molar-refractivity contribution is 0.122. The first-order valence-electron chi connectivity index (χ1n) is 11.1. The number of rotatable bonds is 6. The van der Waals surface area contributed by atoms with Gasteiger partial charge in [-0.25, -0.2) is 15.0 Å². The number of methoxy groups -OCH3 is 1. The maximum absolute atomic E-state index is 6.50. The van der Waals surface area contributed by atoms with Crippen LogP contribution in [0.4, 0.5) is 11.4 Å². The number of morpholine rings is 1. The van der Waals surface area contributed by atoms with Crippen molar-refractivity contribution < 1.29 is 14.2 Å². The molecule has 32 heavy (non-hydrogen) atoms. The Morgan fingerprint density at radius 3 is 2.47 bits per heavy atom. The van der Waals surface area contributed by atoms with Crippen LogP contribution in [0.5, 0.6) is 11.8 Å². The summed E-state index contributed by atoms with van der Waals surface area (Å²) in [5, 5.41) is 3.52. The molecule has 1 saturated heterocycles. The molecule has 0 bridgehead atoms. The van der Waals surface area contributed by atoms with Crippen molar-refractivity contribution in [3.63, 3.8) is 0 Å². The van der Waals surface area contributed by atoms with Gasteiger partial charge in [0.25, 0.3) is 0 Å². The van der Waals surface area contributed by atoms with Gasteiger partial charge in [-0.2, -0.15) is 0 Å². The number of aromatic nitrogens is 4. The zero-order chi connectivity index (χ0) is 21.8. The van der Waals surface area contributed by atoms with Crippen LogP contribution in [0.25, 0.3) is 11.0 Å². The van der Waals surface area contributed by atoms with E-state index in [1.807, 2.05) is 0 Å². The standard InChI is InChI=1S/C23H28N6O3/c1-30-23-26-14-17(15-27-23)28-16-2-4-19(5-3-16)32-21-13-18(29-8-10-31-11-9-29)12-20-22(21)25-7-6-24-20/h6-7,12-16,19,28H,2-5,8-11H2,1H3/t16-,19+. The van der Waals surface area contributed by atoms with Crippen molar-refractivity contribution in [3.05, 3.63) is 36.9 Å². The Bertz CT molecular complexity index is 1030. The fourth-order valence-corrected chi connectivity index (χ4v) is 4.36. The van der Waals surface area contributed by atoms with E-state index in [4.69, 9.17) is 14.2 Å². The molecule has 2 aliphatic rings. The predicted octanol–water partition coefficient (Wildman–Crippen LogP) is 3.07. The molecule has 1 saturated carbocycles. The highest BCUT2D eigenvalue weighted by Gasteiger charge is 2.24. The second kappa shape index (κ2) is 9.52. The van der Waals surface area contributed by atoms with E-state index in [2.05, 4.69) is 42.3 Å². The van der Waals surface area contributed by atoms with Gasteiger partial charge >= 0.3 is 6.01 Å². The molecule has 3 aromatic rings. The van der Waals surface area contributed by atoms with Crippen molar-refractivity contribution in [2.75, 3.05) is 43.6 Å². The Morgan fingerprint density at radius 2 is 1.72 bits per heavy atom. The van der Waals surface area contributed by atoms with Gasteiger partial charge < -0.3 is 24.4 Å². The lowest BCUT2D eigenvalue weighted by Crippen LogP contribution is -2.36. The Kier molecular flexibility index (Phi) is 6.15. The van der Waals surface area contributed by atoms with Crippen molar-refractivity contribution in [1.82, 2.24) is 19.9 Å². The monoisotopic (exact) mass is 436 g/mol. The minimum absolute atomic E-state index is 0.158. The van der Waals surface area contributed by atoms with Gasteiger partial charge in [0.15, 0.2) is 0 Å². The minimum Gasteiger partial charge on any atom is -0.488 e. The molecular weight excluding hydrogens is 408 g/mol. The lowest BCUT2D eigenvalue weighted by atomic mass is 9.93. The quantitative estimate of drug-likeness (QED) is 0.625. The van der Waals surface area contributed by atoms with E-state index in [0.717, 1.165) is 80.1 Å². The highest BCUT2D eigenvalue weighted by molar-refractivity contribution is 5.85. The summed E-state index contributed by atoms with van der Waals surface area (Å²) < 4.78 is 17.0. The van der Waals surface area contributed by atoms with Crippen LogP contribution in [-0.2, 0) is 4.74 Å². The molecule has 1 aliphatic carbocycles. The van der Waals surface area contributed by atoms with Crippen LogP contribution in [0.2, 0.25) is 0 Å². The first-order valence-corrected chi connectivity index (χ1v) is 11.1. The number of hydrogen-bond acceptors (Lipinski definition) is 9. The van der Waals surface area contributed by atoms with Crippen LogP contribution >= 0.6 is 0 Å². The molecule has 0 amide bonds. The van der Waals surface area contributed by atoms with Crippen LogP contribution in [-0.4, -0.2) is 65.5 Å². The largest absolute Gasteiger partial charge is 0.488 e. The van der Waals surface area contributed by atoms with Crippen molar-refractivity contribution in [1.29, 1.82) is 0 Å². The third kappa shape index (κ3) is 4.67. The van der Waals surface area contributed by atoms with E-state index < -0.39 is 0 Å². The molecule has 0 unspecified atom stereocenters. The molecule has 0 spiro atoms. The second-order valence-electron chi connectivity index (χ2n) is 8.16. The van der Waals surface area contributed by atoms with Crippen molar-refractivity contribution in [3.8, 4) is 11.8 Å². The van der Waals surface area contributed by atoms with Gasteiger partial charge in [0.05, 0.1) is 50.0 Å². The summed E-state index contributed by atoms with van der Waals surface area (Å²) in [4.78, 5) is 19.7. The van der Waals surface area contributed by atoms with Crippen LogP contribution in [0, 0.1) is 0 Å². The molecule has 2 fully saturated rings. The highest BCUT2D eigenvalue weighted by Crippen LogP contribution is 2.33. The van der Waals surface area contributed by atoms with Gasteiger partial charge in [-0.05, 0) is 31.7 Å². The molecule has 1 N–H and O–H groups in total. The molecule has 0 atom stereocenters.